The first-order chi connectivity index (χ1) is 10.8. The highest BCUT2D eigenvalue weighted by atomic mass is 32.2. The van der Waals surface area contributed by atoms with Crippen molar-refractivity contribution in [3.63, 3.8) is 0 Å². The first-order valence-electron chi connectivity index (χ1n) is 7.12. The average molecular weight is 340 g/mol. The van der Waals surface area contributed by atoms with Gasteiger partial charge in [0.2, 0.25) is 15.9 Å². The molecule has 2 rings (SSSR count). The lowest BCUT2D eigenvalue weighted by atomic mass is 10.2. The molecular formula is C14H20N4O4S. The van der Waals surface area contributed by atoms with Crippen molar-refractivity contribution in [2.45, 2.75) is 23.9 Å². The molecule has 126 valence electrons. The summed E-state index contributed by atoms with van der Waals surface area (Å²) in [5.41, 5.74) is 0.663. The maximum absolute atomic E-state index is 11.8. The predicted octanol–water partition coefficient (Wildman–Crippen LogP) is -0.375. The van der Waals surface area contributed by atoms with Gasteiger partial charge in [-0.3, -0.25) is 4.79 Å². The lowest BCUT2D eigenvalue weighted by Crippen LogP contribution is -2.42. The fourth-order valence-electron chi connectivity index (χ4n) is 2.32. The third kappa shape index (κ3) is 4.42. The second-order valence-electron chi connectivity index (χ2n) is 5.36. The van der Waals surface area contributed by atoms with Crippen molar-refractivity contribution < 1.29 is 18.0 Å². The van der Waals surface area contributed by atoms with Gasteiger partial charge in [0.25, 0.3) is 0 Å². The second-order valence-corrected chi connectivity index (χ2v) is 7.24. The molecule has 1 unspecified atom stereocenters. The summed E-state index contributed by atoms with van der Waals surface area (Å²) >= 11 is 0. The number of amides is 3. The van der Waals surface area contributed by atoms with E-state index in [9.17, 15) is 18.0 Å². The van der Waals surface area contributed by atoms with E-state index in [1.165, 1.54) is 19.2 Å². The zero-order valence-electron chi connectivity index (χ0n) is 13.0. The minimum atomic E-state index is -3.51. The number of likely N-dealkylation sites (tertiary alicyclic amines) is 1. The summed E-state index contributed by atoms with van der Waals surface area (Å²) in [6.45, 7) is 0.678. The Balaban J connectivity index is 1.90. The van der Waals surface area contributed by atoms with E-state index in [1.54, 1.807) is 24.1 Å². The van der Waals surface area contributed by atoms with Gasteiger partial charge in [-0.05, 0) is 24.7 Å². The van der Waals surface area contributed by atoms with Crippen LogP contribution in [-0.2, 0) is 21.4 Å². The Morgan fingerprint density at radius 3 is 2.74 bits per heavy atom. The smallest absolute Gasteiger partial charge is 0.315 e. The Bertz CT molecular complexity index is 704. The largest absolute Gasteiger partial charge is 0.344 e. The molecule has 1 fully saturated rings. The molecule has 0 spiro atoms. The zero-order valence-corrected chi connectivity index (χ0v) is 13.8. The topological polar surface area (TPSA) is 108 Å². The van der Waals surface area contributed by atoms with E-state index in [-0.39, 0.29) is 29.4 Å². The van der Waals surface area contributed by atoms with Crippen molar-refractivity contribution in [1.29, 1.82) is 0 Å². The molecule has 1 atom stereocenters. The van der Waals surface area contributed by atoms with Crippen LogP contribution in [0.25, 0.3) is 0 Å². The van der Waals surface area contributed by atoms with Crippen LogP contribution in [0.4, 0.5) is 4.79 Å². The Kier molecular flexibility index (Phi) is 5.22. The van der Waals surface area contributed by atoms with Crippen molar-refractivity contribution in [3.8, 4) is 0 Å². The number of carbonyl (C=O) groups excluding carboxylic acids is 2. The number of hydrogen-bond acceptors (Lipinski definition) is 4. The number of nitrogens with one attached hydrogen (secondary N) is 3. The fourth-order valence-corrected chi connectivity index (χ4v) is 3.12. The van der Waals surface area contributed by atoms with Crippen LogP contribution in [0.3, 0.4) is 0 Å². The Hall–Kier alpha value is -2.13. The standard InChI is InChI=1S/C14H20N4O4S/c1-15-23(21,22)12-5-3-4-10(6-12)8-16-14(20)17-11-7-13(19)18(2)9-11/h3-6,11,15H,7-9H2,1-2H3,(H2,16,17,20). The van der Waals surface area contributed by atoms with Crippen LogP contribution in [0.1, 0.15) is 12.0 Å². The summed E-state index contributed by atoms with van der Waals surface area (Å²) in [6.07, 6.45) is 0.291. The minimum absolute atomic E-state index is 0.000253. The molecule has 8 nitrogen and oxygen atoms in total. The van der Waals surface area contributed by atoms with Gasteiger partial charge in [0.1, 0.15) is 0 Å². The number of rotatable bonds is 5. The molecule has 0 radical (unpaired) electrons. The van der Waals surface area contributed by atoms with Crippen LogP contribution in [0.15, 0.2) is 29.2 Å². The Labute approximate surface area is 135 Å². The molecule has 1 aliphatic heterocycles. The summed E-state index contributed by atoms with van der Waals surface area (Å²) in [5.74, 6) is 0.000253. The van der Waals surface area contributed by atoms with Crippen molar-refractivity contribution in [1.82, 2.24) is 20.3 Å². The van der Waals surface area contributed by atoms with Crippen LogP contribution in [0, 0.1) is 0 Å². The average Bonchev–Trinajstić information content (AvgIpc) is 2.83. The molecule has 1 aliphatic rings. The zero-order chi connectivity index (χ0) is 17.0. The number of nitrogens with zero attached hydrogens (tertiary/aromatic N) is 1. The van der Waals surface area contributed by atoms with Gasteiger partial charge in [-0.25, -0.2) is 17.9 Å². The molecular weight excluding hydrogens is 320 g/mol. The fraction of sp³-hybridized carbons (Fsp3) is 0.429. The number of hydrogen-bond donors (Lipinski definition) is 3. The minimum Gasteiger partial charge on any atom is -0.344 e. The van der Waals surface area contributed by atoms with Gasteiger partial charge >= 0.3 is 6.03 Å². The highest BCUT2D eigenvalue weighted by Gasteiger charge is 2.27. The number of carbonyl (C=O) groups is 2. The van der Waals surface area contributed by atoms with E-state index in [2.05, 4.69) is 15.4 Å². The van der Waals surface area contributed by atoms with Gasteiger partial charge < -0.3 is 15.5 Å². The van der Waals surface area contributed by atoms with Gasteiger partial charge in [-0.1, -0.05) is 12.1 Å². The molecule has 1 aromatic rings. The number of benzene rings is 1. The lowest BCUT2D eigenvalue weighted by molar-refractivity contribution is -0.126. The molecule has 1 heterocycles. The van der Waals surface area contributed by atoms with Crippen molar-refractivity contribution in [3.05, 3.63) is 29.8 Å². The molecule has 0 aliphatic carbocycles. The molecule has 0 aromatic heterocycles. The molecule has 23 heavy (non-hydrogen) atoms. The monoisotopic (exact) mass is 340 g/mol. The van der Waals surface area contributed by atoms with Crippen LogP contribution in [-0.4, -0.2) is 51.9 Å². The van der Waals surface area contributed by atoms with E-state index in [4.69, 9.17) is 0 Å². The van der Waals surface area contributed by atoms with Crippen LogP contribution >= 0.6 is 0 Å². The van der Waals surface area contributed by atoms with Gasteiger partial charge in [0.15, 0.2) is 0 Å². The van der Waals surface area contributed by atoms with Gasteiger partial charge in [-0.15, -0.1) is 0 Å². The van der Waals surface area contributed by atoms with E-state index in [0.29, 0.717) is 18.5 Å². The summed E-state index contributed by atoms with van der Waals surface area (Å²) in [7, 11) is -0.481. The van der Waals surface area contributed by atoms with E-state index in [1.807, 2.05) is 0 Å². The molecule has 1 saturated heterocycles. The summed E-state index contributed by atoms with van der Waals surface area (Å²) in [5, 5.41) is 5.38. The van der Waals surface area contributed by atoms with E-state index < -0.39 is 10.0 Å². The molecule has 0 bridgehead atoms. The lowest BCUT2D eigenvalue weighted by Gasteiger charge is -2.13. The van der Waals surface area contributed by atoms with Crippen LogP contribution in [0.2, 0.25) is 0 Å². The van der Waals surface area contributed by atoms with Crippen LogP contribution in [0.5, 0.6) is 0 Å². The van der Waals surface area contributed by atoms with E-state index >= 15 is 0 Å². The van der Waals surface area contributed by atoms with Crippen molar-refractivity contribution in [2.75, 3.05) is 20.6 Å². The highest BCUT2D eigenvalue weighted by molar-refractivity contribution is 7.89. The molecule has 3 N–H and O–H groups in total. The molecule has 1 aromatic carbocycles. The summed E-state index contributed by atoms with van der Waals surface area (Å²) in [4.78, 5) is 24.9. The molecule has 3 amide bonds. The molecule has 0 saturated carbocycles. The normalized spacial score (nSPS) is 18.1. The maximum atomic E-state index is 11.8. The quantitative estimate of drug-likeness (QED) is 0.679. The van der Waals surface area contributed by atoms with Crippen LogP contribution < -0.4 is 15.4 Å². The van der Waals surface area contributed by atoms with Crippen molar-refractivity contribution in [2.24, 2.45) is 0 Å². The third-order valence-electron chi connectivity index (χ3n) is 3.61. The Morgan fingerprint density at radius 1 is 1.39 bits per heavy atom. The second kappa shape index (κ2) is 6.97. The number of urea groups is 1. The van der Waals surface area contributed by atoms with Crippen molar-refractivity contribution >= 4 is 22.0 Å². The summed E-state index contributed by atoms with van der Waals surface area (Å²) < 4.78 is 25.7. The first-order valence-corrected chi connectivity index (χ1v) is 8.61. The molecule has 9 heteroatoms. The highest BCUT2D eigenvalue weighted by Crippen LogP contribution is 2.11. The predicted molar refractivity (Wildman–Crippen MR) is 84.1 cm³/mol. The number of likely N-dealkylation sites (N-methyl/N-ethyl adjacent to an activating group) is 1. The van der Waals surface area contributed by atoms with Gasteiger partial charge in [0, 0.05) is 26.6 Å². The maximum Gasteiger partial charge on any atom is 0.315 e. The first kappa shape index (κ1) is 17.2. The third-order valence-corrected chi connectivity index (χ3v) is 5.02. The number of sulfonamides is 1. The SMILES string of the molecule is CNS(=O)(=O)c1cccc(CNC(=O)NC2CC(=O)N(C)C2)c1. The Morgan fingerprint density at radius 2 is 2.13 bits per heavy atom. The van der Waals surface area contributed by atoms with Gasteiger partial charge in [0.05, 0.1) is 10.9 Å². The van der Waals surface area contributed by atoms with Gasteiger partial charge in [-0.2, -0.15) is 0 Å². The summed E-state index contributed by atoms with van der Waals surface area (Å²) in [6, 6.07) is 5.73. The van der Waals surface area contributed by atoms with E-state index in [0.717, 1.165) is 0 Å².